The third-order valence-electron chi connectivity index (χ3n) is 2.49. The summed E-state index contributed by atoms with van der Waals surface area (Å²) in [5, 5.41) is 14.7. The molecular formula is C12H14N2O3S. The predicted molar refractivity (Wildman–Crippen MR) is 70.1 cm³/mol. The zero-order valence-corrected chi connectivity index (χ0v) is 10.7. The van der Waals surface area contributed by atoms with Crippen LogP contribution < -0.4 is 14.9 Å². The van der Waals surface area contributed by atoms with Gasteiger partial charge >= 0.3 is 4.87 Å². The lowest BCUT2D eigenvalue weighted by Gasteiger charge is -2.07. The van der Waals surface area contributed by atoms with Crippen LogP contribution in [-0.2, 0) is 13.1 Å². The van der Waals surface area contributed by atoms with E-state index in [0.717, 1.165) is 22.6 Å². The van der Waals surface area contributed by atoms with Gasteiger partial charge in [-0.05, 0) is 6.07 Å². The number of benzene rings is 1. The number of methoxy groups -OCH3 is 1. The number of H-pyrrole nitrogens is 1. The summed E-state index contributed by atoms with van der Waals surface area (Å²) in [6, 6.07) is 5.17. The number of aromatic amines is 1. The van der Waals surface area contributed by atoms with E-state index < -0.39 is 0 Å². The van der Waals surface area contributed by atoms with Gasteiger partial charge in [0.25, 0.3) is 0 Å². The molecule has 0 saturated heterocycles. The highest BCUT2D eigenvalue weighted by Crippen LogP contribution is 2.23. The summed E-state index contributed by atoms with van der Waals surface area (Å²) in [5.74, 6) is 0.819. The Morgan fingerprint density at radius 2 is 2.28 bits per heavy atom. The first kappa shape index (κ1) is 12.7. The van der Waals surface area contributed by atoms with Gasteiger partial charge in [-0.15, -0.1) is 0 Å². The van der Waals surface area contributed by atoms with Gasteiger partial charge in [0, 0.05) is 35.8 Å². The molecule has 5 nitrogen and oxygen atoms in total. The van der Waals surface area contributed by atoms with Gasteiger partial charge in [0.05, 0.1) is 7.11 Å². The normalized spacial score (nSPS) is 10.5. The molecule has 6 heteroatoms. The Hall–Kier alpha value is -1.79. The van der Waals surface area contributed by atoms with Crippen molar-refractivity contribution in [2.24, 2.45) is 0 Å². The van der Waals surface area contributed by atoms with Crippen LogP contribution in [0, 0.1) is 0 Å². The maximum atomic E-state index is 10.9. The molecule has 1 aromatic carbocycles. The van der Waals surface area contributed by atoms with Crippen LogP contribution in [0.25, 0.3) is 0 Å². The second-order valence-electron chi connectivity index (χ2n) is 3.77. The van der Waals surface area contributed by atoms with Gasteiger partial charge in [0.1, 0.15) is 11.5 Å². The van der Waals surface area contributed by atoms with Crippen molar-refractivity contribution in [2.75, 3.05) is 7.11 Å². The number of phenols is 1. The van der Waals surface area contributed by atoms with Crippen LogP contribution in [0.2, 0.25) is 0 Å². The Morgan fingerprint density at radius 3 is 2.89 bits per heavy atom. The number of aromatic hydroxyl groups is 1. The minimum Gasteiger partial charge on any atom is -0.507 e. The summed E-state index contributed by atoms with van der Waals surface area (Å²) in [5.41, 5.74) is 1.63. The molecule has 2 aromatic rings. The van der Waals surface area contributed by atoms with Crippen LogP contribution in [0.1, 0.15) is 11.3 Å². The molecule has 2 rings (SSSR count). The SMILES string of the molecule is COc1ccc(CNCc2csc(=O)[nH]2)c(O)c1. The zero-order valence-electron chi connectivity index (χ0n) is 9.90. The van der Waals surface area contributed by atoms with E-state index in [4.69, 9.17) is 4.74 Å². The molecule has 0 unspecified atom stereocenters. The Morgan fingerprint density at radius 1 is 1.44 bits per heavy atom. The fraction of sp³-hybridized carbons (Fsp3) is 0.250. The average Bonchev–Trinajstić information content (AvgIpc) is 2.77. The van der Waals surface area contributed by atoms with Crippen LogP contribution in [0.3, 0.4) is 0 Å². The van der Waals surface area contributed by atoms with E-state index in [0.29, 0.717) is 18.8 Å². The molecule has 0 saturated carbocycles. The van der Waals surface area contributed by atoms with Gasteiger partial charge in [0.15, 0.2) is 0 Å². The standard InChI is InChI=1S/C12H14N2O3S/c1-17-10-3-2-8(11(15)4-10)5-13-6-9-7-18-12(16)14-9/h2-4,7,13,15H,5-6H2,1H3,(H,14,16). The number of hydrogen-bond acceptors (Lipinski definition) is 5. The third-order valence-corrected chi connectivity index (χ3v) is 3.21. The molecule has 1 heterocycles. The molecule has 0 radical (unpaired) electrons. The molecule has 96 valence electrons. The average molecular weight is 266 g/mol. The monoisotopic (exact) mass is 266 g/mol. The maximum absolute atomic E-state index is 10.9. The van der Waals surface area contributed by atoms with Gasteiger partial charge in [0.2, 0.25) is 0 Å². The summed E-state index contributed by atoms with van der Waals surface area (Å²) in [6.07, 6.45) is 0. The summed E-state index contributed by atoms with van der Waals surface area (Å²) >= 11 is 1.14. The molecule has 0 atom stereocenters. The molecule has 0 fully saturated rings. The highest BCUT2D eigenvalue weighted by atomic mass is 32.1. The number of phenolic OH excluding ortho intramolecular Hbond substituents is 1. The summed E-state index contributed by atoms with van der Waals surface area (Å²) in [6.45, 7) is 1.08. The van der Waals surface area contributed by atoms with Crippen molar-refractivity contribution in [1.29, 1.82) is 0 Å². The molecule has 1 aromatic heterocycles. The van der Waals surface area contributed by atoms with Crippen molar-refractivity contribution in [3.8, 4) is 11.5 Å². The molecule has 0 aliphatic rings. The molecular weight excluding hydrogens is 252 g/mol. The third kappa shape index (κ3) is 3.12. The number of thiazole rings is 1. The molecule has 0 bridgehead atoms. The minimum atomic E-state index is -0.0564. The summed E-state index contributed by atoms with van der Waals surface area (Å²) in [4.78, 5) is 13.6. The van der Waals surface area contributed by atoms with E-state index in [1.807, 2.05) is 0 Å². The Bertz CT molecular complexity index is 577. The lowest BCUT2D eigenvalue weighted by Crippen LogP contribution is -2.13. The Labute approximate surface area is 108 Å². The van der Waals surface area contributed by atoms with Crippen LogP contribution in [0.5, 0.6) is 11.5 Å². The van der Waals surface area contributed by atoms with Crippen molar-refractivity contribution in [1.82, 2.24) is 10.3 Å². The van der Waals surface area contributed by atoms with E-state index in [1.54, 1.807) is 30.7 Å². The minimum absolute atomic E-state index is 0.0564. The topological polar surface area (TPSA) is 74.3 Å². The van der Waals surface area contributed by atoms with Crippen molar-refractivity contribution in [3.05, 3.63) is 44.5 Å². The second kappa shape index (κ2) is 5.70. The van der Waals surface area contributed by atoms with Crippen molar-refractivity contribution in [3.63, 3.8) is 0 Å². The van der Waals surface area contributed by atoms with Crippen molar-refractivity contribution < 1.29 is 9.84 Å². The van der Waals surface area contributed by atoms with Gasteiger partial charge in [-0.3, -0.25) is 4.79 Å². The van der Waals surface area contributed by atoms with E-state index >= 15 is 0 Å². The number of ether oxygens (including phenoxy) is 1. The molecule has 0 aliphatic heterocycles. The van der Waals surface area contributed by atoms with Crippen molar-refractivity contribution in [2.45, 2.75) is 13.1 Å². The Kier molecular flexibility index (Phi) is 4.01. The van der Waals surface area contributed by atoms with Gasteiger partial charge in [-0.2, -0.15) is 0 Å². The number of hydrogen-bond donors (Lipinski definition) is 3. The second-order valence-corrected chi connectivity index (χ2v) is 4.61. The predicted octanol–water partition coefficient (Wildman–Crippen LogP) is 1.44. The molecule has 18 heavy (non-hydrogen) atoms. The van der Waals surface area contributed by atoms with Crippen LogP contribution in [0.4, 0.5) is 0 Å². The van der Waals surface area contributed by atoms with Gasteiger partial charge in [-0.25, -0.2) is 0 Å². The molecule has 0 spiro atoms. The van der Waals surface area contributed by atoms with Gasteiger partial charge < -0.3 is 20.1 Å². The van der Waals surface area contributed by atoms with E-state index in [2.05, 4.69) is 10.3 Å². The number of nitrogens with one attached hydrogen (secondary N) is 2. The first-order chi connectivity index (χ1) is 8.69. The Balaban J connectivity index is 1.92. The lowest BCUT2D eigenvalue weighted by atomic mass is 10.2. The maximum Gasteiger partial charge on any atom is 0.304 e. The van der Waals surface area contributed by atoms with E-state index in [-0.39, 0.29) is 10.6 Å². The van der Waals surface area contributed by atoms with E-state index in [1.165, 1.54) is 0 Å². The smallest absolute Gasteiger partial charge is 0.304 e. The number of rotatable bonds is 5. The first-order valence-electron chi connectivity index (χ1n) is 5.42. The highest BCUT2D eigenvalue weighted by Gasteiger charge is 2.03. The fourth-order valence-corrected chi connectivity index (χ4v) is 2.13. The molecule has 0 aliphatic carbocycles. The first-order valence-corrected chi connectivity index (χ1v) is 6.30. The van der Waals surface area contributed by atoms with Gasteiger partial charge in [-0.1, -0.05) is 17.4 Å². The zero-order chi connectivity index (χ0) is 13.0. The van der Waals surface area contributed by atoms with E-state index in [9.17, 15) is 9.90 Å². The fourth-order valence-electron chi connectivity index (χ4n) is 1.55. The van der Waals surface area contributed by atoms with Crippen LogP contribution in [-0.4, -0.2) is 17.2 Å². The summed E-state index contributed by atoms with van der Waals surface area (Å²) in [7, 11) is 1.56. The quantitative estimate of drug-likeness (QED) is 0.765. The lowest BCUT2D eigenvalue weighted by molar-refractivity contribution is 0.406. The molecule has 3 N–H and O–H groups in total. The highest BCUT2D eigenvalue weighted by molar-refractivity contribution is 7.07. The largest absolute Gasteiger partial charge is 0.507 e. The van der Waals surface area contributed by atoms with Crippen LogP contribution >= 0.6 is 11.3 Å². The number of aromatic nitrogens is 1. The van der Waals surface area contributed by atoms with Crippen molar-refractivity contribution >= 4 is 11.3 Å². The summed E-state index contributed by atoms with van der Waals surface area (Å²) < 4.78 is 5.01. The van der Waals surface area contributed by atoms with Crippen LogP contribution in [0.15, 0.2) is 28.4 Å². The molecule has 0 amide bonds.